The van der Waals surface area contributed by atoms with E-state index in [4.69, 9.17) is 4.74 Å². The molecule has 2 heterocycles. The summed E-state index contributed by atoms with van der Waals surface area (Å²) in [5, 5.41) is 3.47. The van der Waals surface area contributed by atoms with Gasteiger partial charge >= 0.3 is 0 Å². The van der Waals surface area contributed by atoms with Gasteiger partial charge < -0.3 is 15.0 Å². The molecule has 2 rings (SSSR count). The summed E-state index contributed by atoms with van der Waals surface area (Å²) < 4.78 is 5.80. The normalized spacial score (nSPS) is 17.0. The van der Waals surface area contributed by atoms with Crippen LogP contribution in [0.4, 0.5) is 5.82 Å². The van der Waals surface area contributed by atoms with Crippen molar-refractivity contribution >= 4 is 5.82 Å². The number of rotatable bonds is 6. The van der Waals surface area contributed by atoms with Crippen molar-refractivity contribution < 1.29 is 4.74 Å². The Balaban J connectivity index is 1.73. The zero-order valence-corrected chi connectivity index (χ0v) is 16.9. The number of hydrogen-bond donors (Lipinski definition) is 1. The first-order valence-corrected chi connectivity index (χ1v) is 9.49. The minimum absolute atomic E-state index is 0.167. The van der Waals surface area contributed by atoms with Gasteiger partial charge in [0.1, 0.15) is 11.6 Å². The van der Waals surface area contributed by atoms with Crippen LogP contribution in [0.2, 0.25) is 0 Å². The highest BCUT2D eigenvalue weighted by molar-refractivity contribution is 5.41. The fourth-order valence-electron chi connectivity index (χ4n) is 2.98. The summed E-state index contributed by atoms with van der Waals surface area (Å²) >= 11 is 0. The van der Waals surface area contributed by atoms with Crippen LogP contribution in [-0.2, 0) is 0 Å². The summed E-state index contributed by atoms with van der Waals surface area (Å²) in [5.41, 5.74) is 0.416. The summed E-state index contributed by atoms with van der Waals surface area (Å²) in [5.74, 6) is 1.91. The first-order chi connectivity index (χ1) is 11.6. The van der Waals surface area contributed by atoms with Gasteiger partial charge in [0.25, 0.3) is 0 Å². The topological polar surface area (TPSA) is 40.6 Å². The van der Waals surface area contributed by atoms with Crippen LogP contribution >= 0.6 is 0 Å². The zero-order chi connectivity index (χ0) is 18.5. The highest BCUT2D eigenvalue weighted by Gasteiger charge is 2.26. The number of aromatic nitrogens is 1. The van der Waals surface area contributed by atoms with Crippen LogP contribution in [0.1, 0.15) is 48.0 Å². The average Bonchev–Trinajstić information content (AvgIpc) is 2.53. The van der Waals surface area contributed by atoms with Crippen molar-refractivity contribution in [3.05, 3.63) is 18.3 Å². The molecule has 0 bridgehead atoms. The van der Waals surface area contributed by atoms with Crippen LogP contribution in [0.25, 0.3) is 0 Å². The number of ether oxygens (including phenoxy) is 1. The van der Waals surface area contributed by atoms with Crippen molar-refractivity contribution in [1.82, 2.24) is 15.2 Å². The molecule has 0 amide bonds. The van der Waals surface area contributed by atoms with Gasteiger partial charge in [-0.1, -0.05) is 0 Å². The third-order valence-corrected chi connectivity index (χ3v) is 4.52. The van der Waals surface area contributed by atoms with Crippen LogP contribution in [0.15, 0.2) is 18.3 Å². The quantitative estimate of drug-likeness (QED) is 0.800. The molecule has 1 aromatic heterocycles. The van der Waals surface area contributed by atoms with E-state index in [1.54, 1.807) is 0 Å². The SMILES string of the molecule is CC(C)(C)NCCCOc1ccc(N2CCN(C(C)(C)C)CC2)nc1. The molecule has 0 aliphatic carbocycles. The van der Waals surface area contributed by atoms with E-state index in [9.17, 15) is 0 Å². The summed E-state index contributed by atoms with van der Waals surface area (Å²) in [6.07, 6.45) is 2.84. The molecule has 0 spiro atoms. The predicted molar refractivity (Wildman–Crippen MR) is 106 cm³/mol. The molecular formula is C20H36N4O. The van der Waals surface area contributed by atoms with Gasteiger partial charge in [0.15, 0.2) is 0 Å². The smallest absolute Gasteiger partial charge is 0.137 e. The number of pyridine rings is 1. The highest BCUT2D eigenvalue weighted by atomic mass is 16.5. The lowest BCUT2D eigenvalue weighted by Gasteiger charge is -2.42. The predicted octanol–water partition coefficient (Wildman–Crippen LogP) is 3.16. The number of piperazine rings is 1. The number of anilines is 1. The first-order valence-electron chi connectivity index (χ1n) is 9.49. The summed E-state index contributed by atoms with van der Waals surface area (Å²) in [4.78, 5) is 9.49. The third-order valence-electron chi connectivity index (χ3n) is 4.52. The Bertz CT molecular complexity index is 508. The maximum absolute atomic E-state index is 5.80. The molecule has 142 valence electrons. The molecule has 1 aliphatic rings. The van der Waals surface area contributed by atoms with Gasteiger partial charge in [0.05, 0.1) is 12.8 Å². The van der Waals surface area contributed by atoms with Crippen LogP contribution in [0.3, 0.4) is 0 Å². The zero-order valence-electron chi connectivity index (χ0n) is 16.9. The van der Waals surface area contributed by atoms with Crippen molar-refractivity contribution in [3.63, 3.8) is 0 Å². The molecule has 1 aliphatic heterocycles. The molecule has 1 aromatic rings. The molecule has 0 saturated carbocycles. The second kappa shape index (κ2) is 8.37. The van der Waals surface area contributed by atoms with E-state index in [-0.39, 0.29) is 11.1 Å². The Morgan fingerprint density at radius 2 is 1.72 bits per heavy atom. The fourth-order valence-corrected chi connectivity index (χ4v) is 2.98. The Morgan fingerprint density at radius 3 is 2.24 bits per heavy atom. The van der Waals surface area contributed by atoms with Gasteiger partial charge in [-0.2, -0.15) is 0 Å². The molecule has 0 atom stereocenters. The molecule has 5 heteroatoms. The lowest BCUT2D eigenvalue weighted by molar-refractivity contribution is 0.128. The average molecular weight is 349 g/mol. The van der Waals surface area contributed by atoms with E-state index in [2.05, 4.69) is 67.7 Å². The monoisotopic (exact) mass is 348 g/mol. The van der Waals surface area contributed by atoms with Crippen LogP contribution in [0.5, 0.6) is 5.75 Å². The summed E-state index contributed by atoms with van der Waals surface area (Å²) in [6, 6.07) is 4.12. The lowest BCUT2D eigenvalue weighted by atomic mass is 10.1. The van der Waals surface area contributed by atoms with Crippen molar-refractivity contribution in [2.24, 2.45) is 0 Å². The van der Waals surface area contributed by atoms with Gasteiger partial charge in [-0.15, -0.1) is 0 Å². The number of nitrogens with zero attached hydrogens (tertiary/aromatic N) is 3. The van der Waals surface area contributed by atoms with Gasteiger partial charge in [-0.05, 0) is 66.6 Å². The Morgan fingerprint density at radius 1 is 1.04 bits per heavy atom. The standard InChI is InChI=1S/C20H36N4O/c1-19(2,3)22-10-7-15-25-17-8-9-18(21-16-17)23-11-13-24(14-12-23)20(4,5)6/h8-9,16,22H,7,10-15H2,1-6H3. The van der Waals surface area contributed by atoms with E-state index >= 15 is 0 Å². The Hall–Kier alpha value is -1.33. The lowest BCUT2D eigenvalue weighted by Crippen LogP contribution is -2.53. The van der Waals surface area contributed by atoms with Gasteiger partial charge in [0.2, 0.25) is 0 Å². The number of hydrogen-bond acceptors (Lipinski definition) is 5. The highest BCUT2D eigenvalue weighted by Crippen LogP contribution is 2.21. The molecular weight excluding hydrogens is 312 g/mol. The molecule has 1 N–H and O–H groups in total. The van der Waals surface area contributed by atoms with Crippen molar-refractivity contribution in [3.8, 4) is 5.75 Å². The van der Waals surface area contributed by atoms with E-state index in [1.165, 1.54) is 0 Å². The third kappa shape index (κ3) is 6.83. The molecule has 1 saturated heterocycles. The second-order valence-electron chi connectivity index (χ2n) is 8.88. The Labute approximate surface area is 153 Å². The molecule has 5 nitrogen and oxygen atoms in total. The molecule has 25 heavy (non-hydrogen) atoms. The molecule has 0 unspecified atom stereocenters. The van der Waals surface area contributed by atoms with Crippen molar-refractivity contribution in [2.45, 2.75) is 59.0 Å². The maximum Gasteiger partial charge on any atom is 0.137 e. The maximum atomic E-state index is 5.80. The summed E-state index contributed by atoms with van der Waals surface area (Å²) in [6.45, 7) is 19.3. The van der Waals surface area contributed by atoms with Crippen molar-refractivity contribution in [2.75, 3.05) is 44.2 Å². The van der Waals surface area contributed by atoms with Gasteiger partial charge in [-0.3, -0.25) is 4.90 Å². The largest absolute Gasteiger partial charge is 0.492 e. The van der Waals surface area contributed by atoms with E-state index in [0.29, 0.717) is 6.61 Å². The van der Waals surface area contributed by atoms with E-state index in [0.717, 1.165) is 50.7 Å². The Kier molecular flexibility index (Phi) is 6.69. The van der Waals surface area contributed by atoms with Crippen LogP contribution in [0, 0.1) is 0 Å². The van der Waals surface area contributed by atoms with Crippen molar-refractivity contribution in [1.29, 1.82) is 0 Å². The minimum atomic E-state index is 0.167. The van der Waals surface area contributed by atoms with E-state index in [1.807, 2.05) is 12.3 Å². The second-order valence-corrected chi connectivity index (χ2v) is 8.88. The van der Waals surface area contributed by atoms with E-state index < -0.39 is 0 Å². The molecule has 0 radical (unpaired) electrons. The number of nitrogens with one attached hydrogen (secondary N) is 1. The summed E-state index contributed by atoms with van der Waals surface area (Å²) in [7, 11) is 0. The molecule has 0 aromatic carbocycles. The van der Waals surface area contributed by atoms with Gasteiger partial charge in [-0.25, -0.2) is 4.98 Å². The first kappa shape index (κ1) is 20.0. The van der Waals surface area contributed by atoms with Crippen LogP contribution < -0.4 is 15.0 Å². The minimum Gasteiger partial charge on any atom is -0.492 e. The van der Waals surface area contributed by atoms with Gasteiger partial charge in [0, 0.05) is 37.3 Å². The van der Waals surface area contributed by atoms with Crippen LogP contribution in [-0.4, -0.2) is 60.3 Å². The molecule has 1 fully saturated rings. The fraction of sp³-hybridized carbons (Fsp3) is 0.750.